The van der Waals surface area contributed by atoms with Crippen LogP contribution in [0.4, 0.5) is 5.69 Å². The number of nitrogens with zero attached hydrogens (tertiary/aromatic N) is 4. The molecule has 30 heavy (non-hydrogen) atoms. The summed E-state index contributed by atoms with van der Waals surface area (Å²) in [6.45, 7) is 7.14. The molecule has 0 unspecified atom stereocenters. The minimum atomic E-state index is 0.496. The number of thiophene rings is 1. The highest BCUT2D eigenvalue weighted by Crippen LogP contribution is 2.24. The van der Waals surface area contributed by atoms with Crippen molar-refractivity contribution < 1.29 is 9.15 Å². The van der Waals surface area contributed by atoms with Gasteiger partial charge in [-0.05, 0) is 42.6 Å². The van der Waals surface area contributed by atoms with Gasteiger partial charge in [-0.15, -0.1) is 11.3 Å². The van der Waals surface area contributed by atoms with Crippen molar-refractivity contribution in [2.45, 2.75) is 13.5 Å². The van der Waals surface area contributed by atoms with Crippen LogP contribution in [-0.4, -0.2) is 55.7 Å². The monoisotopic (exact) mass is 425 g/mol. The molecule has 1 aliphatic heterocycles. The molecule has 158 valence electrons. The predicted molar refractivity (Wildman–Crippen MR) is 121 cm³/mol. The molecule has 0 radical (unpaired) electrons. The lowest BCUT2D eigenvalue weighted by Gasteiger charge is -2.37. The molecule has 3 aromatic rings. The smallest absolute Gasteiger partial charge is 0.236 e. The number of rotatable bonds is 6. The SMILES string of the molecule is CCNC(=NCc1coc(-c2cccs2)n1)N1CCN(c2ccc(OC)cc2)CC1. The molecule has 0 bridgehead atoms. The highest BCUT2D eigenvalue weighted by atomic mass is 32.1. The highest BCUT2D eigenvalue weighted by Gasteiger charge is 2.20. The van der Waals surface area contributed by atoms with E-state index in [-0.39, 0.29) is 0 Å². The van der Waals surface area contributed by atoms with Gasteiger partial charge in [-0.3, -0.25) is 0 Å². The molecule has 8 heteroatoms. The summed E-state index contributed by atoms with van der Waals surface area (Å²) in [5, 5.41) is 5.43. The van der Waals surface area contributed by atoms with E-state index in [1.165, 1.54) is 5.69 Å². The van der Waals surface area contributed by atoms with E-state index < -0.39 is 0 Å². The molecule has 3 heterocycles. The van der Waals surface area contributed by atoms with E-state index in [0.717, 1.165) is 55.0 Å². The number of oxazole rings is 1. The molecule has 1 aliphatic rings. The molecule has 1 aromatic carbocycles. The van der Waals surface area contributed by atoms with E-state index in [9.17, 15) is 0 Å². The Labute approximate surface area is 181 Å². The fourth-order valence-electron chi connectivity index (χ4n) is 3.44. The minimum absolute atomic E-state index is 0.496. The van der Waals surface area contributed by atoms with Gasteiger partial charge in [0.15, 0.2) is 5.96 Å². The number of aliphatic imine (C=N–C) groups is 1. The van der Waals surface area contributed by atoms with E-state index in [4.69, 9.17) is 14.1 Å². The summed E-state index contributed by atoms with van der Waals surface area (Å²) in [6, 6.07) is 12.3. The Morgan fingerprint density at radius 1 is 1.20 bits per heavy atom. The zero-order chi connectivity index (χ0) is 20.8. The largest absolute Gasteiger partial charge is 0.497 e. The molecule has 1 fully saturated rings. The van der Waals surface area contributed by atoms with Crippen LogP contribution in [0.5, 0.6) is 5.75 Å². The van der Waals surface area contributed by atoms with E-state index in [1.807, 2.05) is 29.6 Å². The number of piperazine rings is 1. The Morgan fingerprint density at radius 2 is 2.00 bits per heavy atom. The summed E-state index contributed by atoms with van der Waals surface area (Å²) >= 11 is 1.62. The fourth-order valence-corrected chi connectivity index (χ4v) is 4.10. The van der Waals surface area contributed by atoms with Gasteiger partial charge >= 0.3 is 0 Å². The zero-order valence-electron chi connectivity index (χ0n) is 17.4. The number of aromatic nitrogens is 1. The van der Waals surface area contributed by atoms with Crippen LogP contribution in [0.15, 0.2) is 57.5 Å². The quantitative estimate of drug-likeness (QED) is 0.480. The second kappa shape index (κ2) is 9.67. The van der Waals surface area contributed by atoms with Crippen LogP contribution in [0.1, 0.15) is 12.6 Å². The van der Waals surface area contributed by atoms with Crippen molar-refractivity contribution in [2.75, 3.05) is 44.7 Å². The highest BCUT2D eigenvalue weighted by molar-refractivity contribution is 7.13. The molecule has 0 aliphatic carbocycles. The van der Waals surface area contributed by atoms with E-state index >= 15 is 0 Å². The third-order valence-corrected chi connectivity index (χ3v) is 5.88. The Hall–Kier alpha value is -3.00. The average molecular weight is 426 g/mol. The van der Waals surface area contributed by atoms with E-state index in [0.29, 0.717) is 12.4 Å². The summed E-state index contributed by atoms with van der Waals surface area (Å²) in [5.74, 6) is 2.47. The van der Waals surface area contributed by atoms with Crippen LogP contribution in [0.25, 0.3) is 10.8 Å². The normalized spacial score (nSPS) is 14.8. The topological polar surface area (TPSA) is 66.1 Å². The summed E-state index contributed by atoms with van der Waals surface area (Å²) < 4.78 is 10.9. The van der Waals surface area contributed by atoms with Gasteiger partial charge in [0.05, 0.1) is 18.5 Å². The molecular formula is C22H27N5O2S. The number of hydrogen-bond donors (Lipinski definition) is 1. The van der Waals surface area contributed by atoms with Crippen molar-refractivity contribution in [3.8, 4) is 16.5 Å². The lowest BCUT2D eigenvalue weighted by Crippen LogP contribution is -2.52. The third kappa shape index (κ3) is 4.76. The van der Waals surface area contributed by atoms with Crippen LogP contribution < -0.4 is 15.0 Å². The van der Waals surface area contributed by atoms with Gasteiger partial charge in [0.2, 0.25) is 5.89 Å². The summed E-state index contributed by atoms with van der Waals surface area (Å²) in [4.78, 5) is 15.1. The number of nitrogens with one attached hydrogen (secondary N) is 1. The first-order valence-corrected chi connectivity index (χ1v) is 11.1. The Morgan fingerprint density at radius 3 is 2.67 bits per heavy atom. The van der Waals surface area contributed by atoms with Crippen molar-refractivity contribution in [3.63, 3.8) is 0 Å². The van der Waals surface area contributed by atoms with Gasteiger partial charge in [-0.1, -0.05) is 6.07 Å². The number of ether oxygens (including phenoxy) is 1. The summed E-state index contributed by atoms with van der Waals surface area (Å²) in [6.07, 6.45) is 1.70. The fraction of sp³-hybridized carbons (Fsp3) is 0.364. The molecular weight excluding hydrogens is 398 g/mol. The van der Waals surface area contributed by atoms with Gasteiger partial charge in [-0.2, -0.15) is 0 Å². The molecule has 4 rings (SSSR count). The minimum Gasteiger partial charge on any atom is -0.497 e. The van der Waals surface area contributed by atoms with E-state index in [2.05, 4.69) is 39.2 Å². The number of methoxy groups -OCH3 is 1. The van der Waals surface area contributed by atoms with Crippen molar-refractivity contribution in [1.29, 1.82) is 0 Å². The summed E-state index contributed by atoms with van der Waals surface area (Å²) in [5.41, 5.74) is 2.06. The number of hydrogen-bond acceptors (Lipinski definition) is 6. The van der Waals surface area contributed by atoms with E-state index in [1.54, 1.807) is 24.7 Å². The second-order valence-corrected chi connectivity index (χ2v) is 7.91. The molecule has 2 aromatic heterocycles. The van der Waals surface area contributed by atoms with Crippen molar-refractivity contribution >= 4 is 23.0 Å². The number of benzene rings is 1. The van der Waals surface area contributed by atoms with Gasteiger partial charge < -0.3 is 24.3 Å². The molecule has 7 nitrogen and oxygen atoms in total. The predicted octanol–water partition coefficient (Wildman–Crippen LogP) is 3.70. The van der Waals surface area contributed by atoms with Crippen molar-refractivity contribution in [1.82, 2.24) is 15.2 Å². The van der Waals surface area contributed by atoms with Crippen LogP contribution in [0.3, 0.4) is 0 Å². The van der Waals surface area contributed by atoms with Gasteiger partial charge in [0.25, 0.3) is 0 Å². The standard InChI is InChI=1S/C22H27N5O2S/c1-3-23-22(24-15-17-16-29-21(25-17)20-5-4-14-30-20)27-12-10-26(11-13-27)18-6-8-19(28-2)9-7-18/h4-9,14,16H,3,10-13,15H2,1-2H3,(H,23,24). The number of guanidine groups is 1. The third-order valence-electron chi connectivity index (χ3n) is 5.03. The molecule has 1 N–H and O–H groups in total. The first-order chi connectivity index (χ1) is 14.8. The van der Waals surface area contributed by atoms with Crippen LogP contribution in [0, 0.1) is 0 Å². The molecule has 0 amide bonds. The van der Waals surface area contributed by atoms with Crippen LogP contribution >= 0.6 is 11.3 Å². The maximum Gasteiger partial charge on any atom is 0.236 e. The maximum absolute atomic E-state index is 5.61. The van der Waals surface area contributed by atoms with Gasteiger partial charge in [-0.25, -0.2) is 9.98 Å². The number of anilines is 1. The maximum atomic E-state index is 5.61. The molecule has 0 atom stereocenters. The first-order valence-electron chi connectivity index (χ1n) is 10.2. The Kier molecular flexibility index (Phi) is 6.53. The lowest BCUT2D eigenvalue weighted by molar-refractivity contribution is 0.372. The van der Waals surface area contributed by atoms with Gasteiger partial charge in [0.1, 0.15) is 17.7 Å². The van der Waals surface area contributed by atoms with Crippen LogP contribution in [-0.2, 0) is 6.54 Å². The summed E-state index contributed by atoms with van der Waals surface area (Å²) in [7, 11) is 1.69. The van der Waals surface area contributed by atoms with Crippen molar-refractivity contribution in [3.05, 3.63) is 53.7 Å². The first kappa shape index (κ1) is 20.3. The second-order valence-electron chi connectivity index (χ2n) is 6.96. The lowest BCUT2D eigenvalue weighted by atomic mass is 10.2. The van der Waals surface area contributed by atoms with Gasteiger partial charge in [0, 0.05) is 38.4 Å². The Balaban J connectivity index is 1.37. The average Bonchev–Trinajstić information content (AvgIpc) is 3.49. The zero-order valence-corrected chi connectivity index (χ0v) is 18.2. The molecule has 1 saturated heterocycles. The Bertz CT molecular complexity index is 944. The van der Waals surface area contributed by atoms with Crippen LogP contribution in [0.2, 0.25) is 0 Å². The molecule has 0 spiro atoms. The van der Waals surface area contributed by atoms with Crippen molar-refractivity contribution in [2.24, 2.45) is 4.99 Å². The molecule has 0 saturated carbocycles.